The first-order valence-electron chi connectivity index (χ1n) is 6.55. The summed E-state index contributed by atoms with van der Waals surface area (Å²) in [5, 5.41) is 4.89. The first kappa shape index (κ1) is 12.3. The standard InChI is InChI=1S/C14H18N2O3/c1-16-7-5-10(6-8-16)18-14-12-9-11(17-2)3-4-13(12)19-15-14/h3-4,9-10H,5-8H2,1-2H3. The summed E-state index contributed by atoms with van der Waals surface area (Å²) in [7, 11) is 3.78. The molecule has 5 heteroatoms. The van der Waals surface area contributed by atoms with Gasteiger partial charge in [-0.05, 0) is 43.2 Å². The van der Waals surface area contributed by atoms with Gasteiger partial charge in [0.2, 0.25) is 0 Å². The number of methoxy groups -OCH3 is 1. The fourth-order valence-electron chi connectivity index (χ4n) is 2.37. The van der Waals surface area contributed by atoms with Crippen molar-refractivity contribution in [1.29, 1.82) is 0 Å². The molecule has 0 N–H and O–H groups in total. The van der Waals surface area contributed by atoms with Crippen LogP contribution in [-0.2, 0) is 0 Å². The fraction of sp³-hybridized carbons (Fsp3) is 0.500. The number of fused-ring (bicyclic) bond motifs is 1. The van der Waals surface area contributed by atoms with E-state index in [0.29, 0.717) is 5.88 Å². The molecule has 1 fully saturated rings. The molecule has 5 nitrogen and oxygen atoms in total. The van der Waals surface area contributed by atoms with Gasteiger partial charge in [0, 0.05) is 13.1 Å². The number of benzene rings is 1. The number of ether oxygens (including phenoxy) is 2. The molecule has 19 heavy (non-hydrogen) atoms. The highest BCUT2D eigenvalue weighted by molar-refractivity contribution is 5.83. The Labute approximate surface area is 112 Å². The van der Waals surface area contributed by atoms with Crippen LogP contribution in [0.1, 0.15) is 12.8 Å². The Morgan fingerprint density at radius 1 is 1.32 bits per heavy atom. The molecule has 1 aromatic carbocycles. The molecule has 0 atom stereocenters. The van der Waals surface area contributed by atoms with Crippen molar-refractivity contribution in [1.82, 2.24) is 10.1 Å². The number of hydrogen-bond acceptors (Lipinski definition) is 5. The molecule has 0 aliphatic carbocycles. The predicted molar refractivity (Wildman–Crippen MR) is 71.7 cm³/mol. The van der Waals surface area contributed by atoms with Crippen molar-refractivity contribution in [3.63, 3.8) is 0 Å². The van der Waals surface area contributed by atoms with E-state index in [2.05, 4.69) is 17.1 Å². The maximum Gasteiger partial charge on any atom is 0.262 e. The molecule has 0 amide bonds. The van der Waals surface area contributed by atoms with Crippen molar-refractivity contribution in [3.8, 4) is 11.6 Å². The summed E-state index contributed by atoms with van der Waals surface area (Å²) >= 11 is 0. The van der Waals surface area contributed by atoms with Crippen LogP contribution in [0.15, 0.2) is 22.7 Å². The monoisotopic (exact) mass is 262 g/mol. The number of piperidine rings is 1. The zero-order valence-electron chi connectivity index (χ0n) is 11.3. The molecule has 0 radical (unpaired) electrons. The predicted octanol–water partition coefficient (Wildman–Crippen LogP) is 2.31. The second kappa shape index (κ2) is 5.09. The smallest absolute Gasteiger partial charge is 0.262 e. The molecule has 0 saturated carbocycles. The van der Waals surface area contributed by atoms with E-state index in [-0.39, 0.29) is 6.10 Å². The lowest BCUT2D eigenvalue weighted by Crippen LogP contribution is -2.35. The second-order valence-corrected chi connectivity index (χ2v) is 4.97. The van der Waals surface area contributed by atoms with E-state index < -0.39 is 0 Å². The van der Waals surface area contributed by atoms with Gasteiger partial charge in [-0.2, -0.15) is 0 Å². The summed E-state index contributed by atoms with van der Waals surface area (Å²) in [4.78, 5) is 2.31. The van der Waals surface area contributed by atoms with Gasteiger partial charge < -0.3 is 18.9 Å². The summed E-state index contributed by atoms with van der Waals surface area (Å²) in [5.74, 6) is 1.35. The van der Waals surface area contributed by atoms with Crippen LogP contribution in [0.25, 0.3) is 11.0 Å². The van der Waals surface area contributed by atoms with Crippen LogP contribution in [-0.4, -0.2) is 43.4 Å². The summed E-state index contributed by atoms with van der Waals surface area (Å²) in [6.45, 7) is 2.12. The van der Waals surface area contributed by atoms with Gasteiger partial charge in [-0.3, -0.25) is 0 Å². The summed E-state index contributed by atoms with van der Waals surface area (Å²) in [6, 6.07) is 5.60. The van der Waals surface area contributed by atoms with Crippen molar-refractivity contribution < 1.29 is 14.0 Å². The molecule has 102 valence electrons. The Balaban J connectivity index is 1.80. The van der Waals surface area contributed by atoms with E-state index in [1.54, 1.807) is 7.11 Å². The van der Waals surface area contributed by atoms with E-state index >= 15 is 0 Å². The maximum atomic E-state index is 5.97. The average Bonchev–Trinajstić information content (AvgIpc) is 2.84. The summed E-state index contributed by atoms with van der Waals surface area (Å²) in [5.41, 5.74) is 0.726. The molecule has 1 aliphatic rings. The number of likely N-dealkylation sites (tertiary alicyclic amines) is 1. The van der Waals surface area contributed by atoms with Crippen molar-refractivity contribution in [2.45, 2.75) is 18.9 Å². The van der Waals surface area contributed by atoms with E-state index in [0.717, 1.165) is 42.6 Å². The normalized spacial score (nSPS) is 17.8. The average molecular weight is 262 g/mol. The van der Waals surface area contributed by atoms with Gasteiger partial charge in [-0.1, -0.05) is 0 Å². The minimum Gasteiger partial charge on any atom is -0.497 e. The largest absolute Gasteiger partial charge is 0.497 e. The Morgan fingerprint density at radius 2 is 2.11 bits per heavy atom. The lowest BCUT2D eigenvalue weighted by molar-refractivity contribution is 0.107. The SMILES string of the molecule is COc1ccc2onc(OC3CCN(C)CC3)c2c1. The molecule has 1 aliphatic heterocycles. The molecule has 1 aromatic heterocycles. The van der Waals surface area contributed by atoms with Crippen LogP contribution in [0.5, 0.6) is 11.6 Å². The topological polar surface area (TPSA) is 47.7 Å². The molecular weight excluding hydrogens is 244 g/mol. The Morgan fingerprint density at radius 3 is 2.84 bits per heavy atom. The number of nitrogens with zero attached hydrogens (tertiary/aromatic N) is 2. The van der Waals surface area contributed by atoms with Gasteiger partial charge in [0.1, 0.15) is 11.9 Å². The highest BCUT2D eigenvalue weighted by Gasteiger charge is 2.21. The minimum atomic E-state index is 0.218. The van der Waals surface area contributed by atoms with Crippen molar-refractivity contribution >= 4 is 11.0 Å². The Hall–Kier alpha value is -1.75. The molecular formula is C14H18N2O3. The van der Waals surface area contributed by atoms with Gasteiger partial charge in [-0.15, -0.1) is 0 Å². The van der Waals surface area contributed by atoms with Crippen LogP contribution < -0.4 is 9.47 Å². The molecule has 0 unspecified atom stereocenters. The Bertz CT molecular complexity index is 559. The van der Waals surface area contributed by atoms with Gasteiger partial charge >= 0.3 is 0 Å². The summed E-state index contributed by atoms with van der Waals surface area (Å²) in [6.07, 6.45) is 2.26. The zero-order chi connectivity index (χ0) is 13.2. The molecule has 3 rings (SSSR count). The third kappa shape index (κ3) is 2.51. The highest BCUT2D eigenvalue weighted by Crippen LogP contribution is 2.30. The zero-order valence-corrected chi connectivity index (χ0v) is 11.3. The molecule has 2 heterocycles. The van der Waals surface area contributed by atoms with Crippen LogP contribution in [0.4, 0.5) is 0 Å². The van der Waals surface area contributed by atoms with Gasteiger partial charge in [0.25, 0.3) is 5.88 Å². The third-order valence-corrected chi connectivity index (χ3v) is 3.59. The van der Waals surface area contributed by atoms with E-state index in [1.807, 2.05) is 18.2 Å². The molecule has 1 saturated heterocycles. The van der Waals surface area contributed by atoms with Crippen molar-refractivity contribution in [2.75, 3.05) is 27.2 Å². The first-order valence-corrected chi connectivity index (χ1v) is 6.55. The lowest BCUT2D eigenvalue weighted by Gasteiger charge is -2.28. The van der Waals surface area contributed by atoms with Gasteiger partial charge in [-0.25, -0.2) is 0 Å². The van der Waals surface area contributed by atoms with Crippen LogP contribution in [0.3, 0.4) is 0 Å². The quantitative estimate of drug-likeness (QED) is 0.849. The van der Waals surface area contributed by atoms with Crippen molar-refractivity contribution in [3.05, 3.63) is 18.2 Å². The molecule has 0 bridgehead atoms. The van der Waals surface area contributed by atoms with Crippen molar-refractivity contribution in [2.24, 2.45) is 0 Å². The van der Waals surface area contributed by atoms with Crippen LogP contribution in [0, 0.1) is 0 Å². The van der Waals surface area contributed by atoms with Gasteiger partial charge in [0.15, 0.2) is 5.58 Å². The number of aromatic nitrogens is 1. The Kier molecular flexibility index (Phi) is 3.29. The van der Waals surface area contributed by atoms with E-state index in [9.17, 15) is 0 Å². The van der Waals surface area contributed by atoms with Crippen LogP contribution in [0.2, 0.25) is 0 Å². The third-order valence-electron chi connectivity index (χ3n) is 3.59. The number of hydrogen-bond donors (Lipinski definition) is 0. The minimum absolute atomic E-state index is 0.218. The molecule has 2 aromatic rings. The van der Waals surface area contributed by atoms with E-state index in [1.165, 1.54) is 0 Å². The molecule has 0 spiro atoms. The second-order valence-electron chi connectivity index (χ2n) is 4.97. The van der Waals surface area contributed by atoms with E-state index in [4.69, 9.17) is 14.0 Å². The van der Waals surface area contributed by atoms with Crippen LogP contribution >= 0.6 is 0 Å². The summed E-state index contributed by atoms with van der Waals surface area (Å²) < 4.78 is 16.5. The maximum absolute atomic E-state index is 5.97. The lowest BCUT2D eigenvalue weighted by atomic mass is 10.1. The van der Waals surface area contributed by atoms with Gasteiger partial charge in [0.05, 0.1) is 12.5 Å². The number of rotatable bonds is 3. The highest BCUT2D eigenvalue weighted by atomic mass is 16.5. The fourth-order valence-corrected chi connectivity index (χ4v) is 2.37. The first-order chi connectivity index (χ1) is 9.26.